The van der Waals surface area contributed by atoms with Crippen LogP contribution in [0.15, 0.2) is 63.2 Å². The van der Waals surface area contributed by atoms with Crippen LogP contribution in [0.3, 0.4) is 0 Å². The molecule has 0 saturated heterocycles. The standard InChI is InChI=1S/C13H8BrF3N2/c14-10-2-1-3-12(8-10)19-18-11-6-4-9(5-7-11)13(15,16)17/h1-8H/b19-18+. The lowest BCUT2D eigenvalue weighted by atomic mass is 10.2. The second kappa shape index (κ2) is 5.52. The van der Waals surface area contributed by atoms with Gasteiger partial charge in [0.15, 0.2) is 0 Å². The van der Waals surface area contributed by atoms with Crippen LogP contribution in [-0.4, -0.2) is 0 Å². The molecule has 2 aromatic carbocycles. The van der Waals surface area contributed by atoms with Crippen LogP contribution in [0.4, 0.5) is 24.5 Å². The third-order valence-electron chi connectivity index (χ3n) is 2.28. The molecule has 98 valence electrons. The number of benzene rings is 2. The normalized spacial score (nSPS) is 12.0. The van der Waals surface area contributed by atoms with Gasteiger partial charge >= 0.3 is 6.18 Å². The smallest absolute Gasteiger partial charge is 0.166 e. The van der Waals surface area contributed by atoms with E-state index >= 15 is 0 Å². The largest absolute Gasteiger partial charge is 0.416 e. The van der Waals surface area contributed by atoms with Crippen molar-refractivity contribution in [2.45, 2.75) is 6.18 Å². The molecule has 0 amide bonds. The molecule has 0 N–H and O–H groups in total. The minimum atomic E-state index is -4.33. The summed E-state index contributed by atoms with van der Waals surface area (Å²) in [5.74, 6) is 0. The molecular formula is C13H8BrF3N2. The maximum Gasteiger partial charge on any atom is 0.416 e. The Morgan fingerprint density at radius 2 is 1.47 bits per heavy atom. The third kappa shape index (κ3) is 3.89. The first kappa shape index (κ1) is 13.7. The Kier molecular flexibility index (Phi) is 3.99. The fraction of sp³-hybridized carbons (Fsp3) is 0.0769. The minimum absolute atomic E-state index is 0.368. The SMILES string of the molecule is FC(F)(F)c1ccc(/N=N/c2cccc(Br)c2)cc1. The van der Waals surface area contributed by atoms with Gasteiger partial charge in [-0.05, 0) is 42.5 Å². The predicted octanol–water partition coefficient (Wildman–Crippen LogP) is 5.88. The molecule has 0 atom stereocenters. The summed E-state index contributed by atoms with van der Waals surface area (Å²) >= 11 is 3.29. The highest BCUT2D eigenvalue weighted by Gasteiger charge is 2.29. The number of hydrogen-bond acceptors (Lipinski definition) is 2. The van der Waals surface area contributed by atoms with Crippen LogP contribution < -0.4 is 0 Å². The lowest BCUT2D eigenvalue weighted by Crippen LogP contribution is -2.03. The fourth-order valence-electron chi connectivity index (χ4n) is 1.37. The summed E-state index contributed by atoms with van der Waals surface area (Å²) in [7, 11) is 0. The highest BCUT2D eigenvalue weighted by Crippen LogP contribution is 2.30. The van der Waals surface area contributed by atoms with Gasteiger partial charge in [-0.15, -0.1) is 0 Å². The molecule has 0 radical (unpaired) electrons. The highest BCUT2D eigenvalue weighted by atomic mass is 79.9. The minimum Gasteiger partial charge on any atom is -0.166 e. The Bertz CT molecular complexity index is 592. The van der Waals surface area contributed by atoms with Crippen molar-refractivity contribution in [1.82, 2.24) is 0 Å². The van der Waals surface area contributed by atoms with E-state index in [0.717, 1.165) is 16.6 Å². The lowest BCUT2D eigenvalue weighted by molar-refractivity contribution is -0.137. The second-order valence-electron chi connectivity index (χ2n) is 3.72. The second-order valence-corrected chi connectivity index (χ2v) is 4.64. The summed E-state index contributed by atoms with van der Waals surface area (Å²) < 4.78 is 37.9. The Balaban J connectivity index is 2.16. The Hall–Kier alpha value is -1.69. The molecular weight excluding hydrogens is 321 g/mol. The summed E-state index contributed by atoms with van der Waals surface area (Å²) in [6, 6.07) is 11.7. The average Bonchev–Trinajstić information content (AvgIpc) is 2.36. The van der Waals surface area contributed by atoms with E-state index in [4.69, 9.17) is 0 Å². The number of halogens is 4. The molecule has 2 nitrogen and oxygen atoms in total. The Morgan fingerprint density at radius 3 is 2.05 bits per heavy atom. The first-order chi connectivity index (χ1) is 8.95. The molecule has 19 heavy (non-hydrogen) atoms. The van der Waals surface area contributed by atoms with Gasteiger partial charge in [-0.25, -0.2) is 0 Å². The number of rotatable bonds is 2. The van der Waals surface area contributed by atoms with E-state index in [0.29, 0.717) is 11.4 Å². The lowest BCUT2D eigenvalue weighted by Gasteiger charge is -2.05. The van der Waals surface area contributed by atoms with Crippen molar-refractivity contribution < 1.29 is 13.2 Å². The molecule has 0 aliphatic heterocycles. The molecule has 2 rings (SSSR count). The molecule has 0 aromatic heterocycles. The van der Waals surface area contributed by atoms with E-state index in [1.165, 1.54) is 12.1 Å². The van der Waals surface area contributed by atoms with E-state index in [1.54, 1.807) is 18.2 Å². The first-order valence-corrected chi connectivity index (χ1v) is 6.09. The maximum atomic E-state index is 12.4. The van der Waals surface area contributed by atoms with Gasteiger partial charge < -0.3 is 0 Å². The molecule has 0 fully saturated rings. The Morgan fingerprint density at radius 1 is 0.842 bits per heavy atom. The van der Waals surface area contributed by atoms with E-state index in [9.17, 15) is 13.2 Å². The van der Waals surface area contributed by atoms with Crippen LogP contribution in [0, 0.1) is 0 Å². The van der Waals surface area contributed by atoms with Crippen molar-refractivity contribution in [3.63, 3.8) is 0 Å². The topological polar surface area (TPSA) is 24.7 Å². The van der Waals surface area contributed by atoms with Crippen molar-refractivity contribution >= 4 is 27.3 Å². The molecule has 0 saturated carbocycles. The summed E-state index contributed by atoms with van der Waals surface area (Å²) in [5.41, 5.74) is 0.288. The van der Waals surface area contributed by atoms with Crippen LogP contribution in [0.2, 0.25) is 0 Å². The number of azo groups is 1. The van der Waals surface area contributed by atoms with Gasteiger partial charge in [0.05, 0.1) is 16.9 Å². The van der Waals surface area contributed by atoms with Gasteiger partial charge in [0.25, 0.3) is 0 Å². The van der Waals surface area contributed by atoms with Gasteiger partial charge in [0.1, 0.15) is 0 Å². The average molecular weight is 329 g/mol. The molecule has 6 heteroatoms. The molecule has 0 spiro atoms. The quantitative estimate of drug-likeness (QED) is 0.614. The maximum absolute atomic E-state index is 12.4. The van der Waals surface area contributed by atoms with Crippen molar-refractivity contribution in [2.75, 3.05) is 0 Å². The van der Waals surface area contributed by atoms with Gasteiger partial charge in [0.2, 0.25) is 0 Å². The zero-order valence-corrected chi connectivity index (χ0v) is 11.1. The number of hydrogen-bond donors (Lipinski definition) is 0. The van der Waals surface area contributed by atoms with Crippen LogP contribution in [-0.2, 0) is 6.18 Å². The van der Waals surface area contributed by atoms with Gasteiger partial charge in [0, 0.05) is 4.47 Å². The molecule has 0 aliphatic rings. The van der Waals surface area contributed by atoms with Crippen LogP contribution >= 0.6 is 15.9 Å². The van der Waals surface area contributed by atoms with Crippen molar-refractivity contribution in [3.8, 4) is 0 Å². The van der Waals surface area contributed by atoms with Crippen LogP contribution in [0.25, 0.3) is 0 Å². The van der Waals surface area contributed by atoms with Crippen LogP contribution in [0.1, 0.15) is 5.56 Å². The Labute approximate surface area is 116 Å². The summed E-state index contributed by atoms with van der Waals surface area (Å²) in [5, 5.41) is 7.82. The molecule has 0 aliphatic carbocycles. The zero-order valence-electron chi connectivity index (χ0n) is 9.53. The monoisotopic (exact) mass is 328 g/mol. The number of nitrogens with zero attached hydrogens (tertiary/aromatic N) is 2. The summed E-state index contributed by atoms with van der Waals surface area (Å²) in [4.78, 5) is 0. The van der Waals surface area contributed by atoms with E-state index < -0.39 is 11.7 Å². The van der Waals surface area contributed by atoms with Gasteiger partial charge in [-0.3, -0.25) is 0 Å². The molecule has 0 heterocycles. The zero-order chi connectivity index (χ0) is 13.9. The van der Waals surface area contributed by atoms with Crippen molar-refractivity contribution in [3.05, 3.63) is 58.6 Å². The molecule has 0 bridgehead atoms. The van der Waals surface area contributed by atoms with Crippen LogP contribution in [0.5, 0.6) is 0 Å². The van der Waals surface area contributed by atoms with Crippen molar-refractivity contribution in [2.24, 2.45) is 10.2 Å². The molecule has 0 unspecified atom stereocenters. The predicted molar refractivity (Wildman–Crippen MR) is 69.8 cm³/mol. The summed E-state index contributed by atoms with van der Waals surface area (Å²) in [6.45, 7) is 0. The number of alkyl halides is 3. The van der Waals surface area contributed by atoms with Crippen molar-refractivity contribution in [1.29, 1.82) is 0 Å². The third-order valence-corrected chi connectivity index (χ3v) is 2.78. The van der Waals surface area contributed by atoms with E-state index in [-0.39, 0.29) is 0 Å². The van der Waals surface area contributed by atoms with E-state index in [2.05, 4.69) is 26.2 Å². The highest BCUT2D eigenvalue weighted by molar-refractivity contribution is 9.10. The van der Waals surface area contributed by atoms with E-state index in [1.807, 2.05) is 6.07 Å². The van der Waals surface area contributed by atoms with Gasteiger partial charge in [-0.1, -0.05) is 22.0 Å². The van der Waals surface area contributed by atoms with Gasteiger partial charge in [-0.2, -0.15) is 23.4 Å². The summed E-state index contributed by atoms with van der Waals surface area (Å²) in [6.07, 6.45) is -4.33. The first-order valence-electron chi connectivity index (χ1n) is 5.30. The molecule has 2 aromatic rings. The fourth-order valence-corrected chi connectivity index (χ4v) is 1.76.